The topological polar surface area (TPSA) is 103 Å². The number of ether oxygens (including phenoxy) is 3. The van der Waals surface area contributed by atoms with E-state index in [0.717, 1.165) is 5.56 Å². The summed E-state index contributed by atoms with van der Waals surface area (Å²) in [6.45, 7) is 8.91. The van der Waals surface area contributed by atoms with Gasteiger partial charge < -0.3 is 19.5 Å². The minimum Gasteiger partial charge on any atom is -0.482 e. The molecule has 4 rings (SSSR count). The van der Waals surface area contributed by atoms with E-state index in [-0.39, 0.29) is 28.9 Å². The van der Waals surface area contributed by atoms with E-state index in [1.54, 1.807) is 18.2 Å². The number of carbonyl (C=O) groups is 1. The van der Waals surface area contributed by atoms with E-state index in [0.29, 0.717) is 29.6 Å². The van der Waals surface area contributed by atoms with Crippen LogP contribution in [0.15, 0.2) is 47.4 Å². The second kappa shape index (κ2) is 8.38. The third kappa shape index (κ3) is 4.60. The van der Waals surface area contributed by atoms with Crippen molar-refractivity contribution < 1.29 is 27.4 Å². The minimum atomic E-state index is -3.89. The number of anilines is 2. The molecule has 8 nitrogen and oxygen atoms in total. The zero-order chi connectivity index (χ0) is 23.1. The summed E-state index contributed by atoms with van der Waals surface area (Å²) in [6.07, 6.45) is -0.564. The Morgan fingerprint density at radius 1 is 1.16 bits per heavy atom. The van der Waals surface area contributed by atoms with Gasteiger partial charge in [0, 0.05) is 16.7 Å². The minimum absolute atomic E-state index is 0.00882. The van der Waals surface area contributed by atoms with Gasteiger partial charge in [0.25, 0.3) is 15.9 Å². The Hall–Kier alpha value is -2.62. The average Bonchev–Trinajstić information content (AvgIpc) is 2.72. The lowest BCUT2D eigenvalue weighted by atomic mass is 9.80. The molecular weight excluding hydrogens is 432 g/mol. The average molecular weight is 461 g/mol. The first-order chi connectivity index (χ1) is 15.0. The molecule has 2 atom stereocenters. The van der Waals surface area contributed by atoms with Gasteiger partial charge in [-0.15, -0.1) is 0 Å². The van der Waals surface area contributed by atoms with Crippen LogP contribution in [0.1, 0.15) is 39.5 Å². The van der Waals surface area contributed by atoms with Crippen LogP contribution in [-0.4, -0.2) is 33.6 Å². The largest absolute Gasteiger partial charge is 0.482 e. The molecule has 2 aliphatic rings. The highest BCUT2D eigenvalue weighted by molar-refractivity contribution is 7.92. The number of benzene rings is 2. The van der Waals surface area contributed by atoms with Gasteiger partial charge >= 0.3 is 0 Å². The first kappa shape index (κ1) is 22.6. The predicted molar refractivity (Wildman–Crippen MR) is 120 cm³/mol. The Morgan fingerprint density at radius 3 is 2.69 bits per heavy atom. The molecule has 0 saturated carbocycles. The quantitative estimate of drug-likeness (QED) is 0.701. The van der Waals surface area contributed by atoms with Crippen molar-refractivity contribution in [3.8, 4) is 5.75 Å². The summed E-state index contributed by atoms with van der Waals surface area (Å²) >= 11 is 0. The molecule has 0 unspecified atom stereocenters. The predicted octanol–water partition coefficient (Wildman–Crippen LogP) is 3.91. The van der Waals surface area contributed by atoms with Crippen molar-refractivity contribution >= 4 is 27.3 Å². The highest BCUT2D eigenvalue weighted by Crippen LogP contribution is 2.40. The van der Waals surface area contributed by atoms with E-state index in [4.69, 9.17) is 14.2 Å². The van der Waals surface area contributed by atoms with Gasteiger partial charge in [-0.25, -0.2) is 8.42 Å². The molecule has 0 radical (unpaired) electrons. The summed E-state index contributed by atoms with van der Waals surface area (Å²) in [5, 5.41) is 2.62. The SMILES string of the molecule is CC(C)[C@H]1O[C@@H](c2cccc(NS(=O)(=O)c3ccc4c(c3)NC(=O)CO4)c2)OCC1(C)C. The van der Waals surface area contributed by atoms with Crippen molar-refractivity contribution in [2.75, 3.05) is 23.3 Å². The maximum Gasteiger partial charge on any atom is 0.262 e. The lowest BCUT2D eigenvalue weighted by molar-refractivity contribution is -0.274. The number of fused-ring (bicyclic) bond motifs is 1. The monoisotopic (exact) mass is 460 g/mol. The van der Waals surface area contributed by atoms with Gasteiger partial charge in [0.2, 0.25) is 0 Å². The van der Waals surface area contributed by atoms with Crippen LogP contribution in [0.3, 0.4) is 0 Å². The van der Waals surface area contributed by atoms with Gasteiger partial charge in [-0.05, 0) is 36.2 Å². The number of hydrogen-bond acceptors (Lipinski definition) is 6. The number of amides is 1. The van der Waals surface area contributed by atoms with E-state index < -0.39 is 16.3 Å². The second-order valence-corrected chi connectivity index (χ2v) is 10.8. The lowest BCUT2D eigenvalue weighted by Gasteiger charge is -2.44. The fraction of sp³-hybridized carbons (Fsp3) is 0.435. The normalized spacial score (nSPS) is 22.6. The number of sulfonamides is 1. The van der Waals surface area contributed by atoms with Crippen LogP contribution in [0.5, 0.6) is 5.75 Å². The molecule has 9 heteroatoms. The van der Waals surface area contributed by atoms with Crippen LogP contribution < -0.4 is 14.8 Å². The first-order valence-corrected chi connectivity index (χ1v) is 12.0. The number of carbonyl (C=O) groups excluding carboxylic acids is 1. The smallest absolute Gasteiger partial charge is 0.262 e. The number of hydrogen-bond donors (Lipinski definition) is 2. The Kier molecular flexibility index (Phi) is 5.91. The maximum atomic E-state index is 13.0. The van der Waals surface area contributed by atoms with E-state index in [1.807, 2.05) is 6.07 Å². The lowest BCUT2D eigenvalue weighted by Crippen LogP contribution is -2.45. The van der Waals surface area contributed by atoms with Gasteiger partial charge in [-0.2, -0.15) is 0 Å². The van der Waals surface area contributed by atoms with Gasteiger partial charge in [0.05, 0.1) is 23.3 Å². The summed E-state index contributed by atoms with van der Waals surface area (Å²) in [4.78, 5) is 11.6. The molecule has 0 aliphatic carbocycles. The van der Waals surface area contributed by atoms with Crippen molar-refractivity contribution in [1.82, 2.24) is 0 Å². The van der Waals surface area contributed by atoms with Gasteiger partial charge in [0.15, 0.2) is 12.9 Å². The Bertz CT molecular complexity index is 1130. The molecule has 2 heterocycles. The Balaban J connectivity index is 1.54. The zero-order valence-electron chi connectivity index (χ0n) is 18.5. The highest BCUT2D eigenvalue weighted by atomic mass is 32.2. The van der Waals surface area contributed by atoms with Crippen LogP contribution in [0.2, 0.25) is 0 Å². The molecule has 0 bridgehead atoms. The van der Waals surface area contributed by atoms with Crippen LogP contribution in [-0.2, 0) is 24.3 Å². The van der Waals surface area contributed by atoms with Crippen LogP contribution >= 0.6 is 0 Å². The van der Waals surface area contributed by atoms with Gasteiger partial charge in [0.1, 0.15) is 5.75 Å². The van der Waals surface area contributed by atoms with Crippen molar-refractivity contribution in [3.05, 3.63) is 48.0 Å². The van der Waals surface area contributed by atoms with Gasteiger partial charge in [-0.1, -0.05) is 39.8 Å². The standard InChI is InChI=1S/C23H28N2O6S/c1-14(2)21-23(3,4)13-30-22(31-21)15-6-5-7-16(10-15)25-32(27,28)17-8-9-19-18(11-17)24-20(26)12-29-19/h5-11,14,21-22,25H,12-13H2,1-4H3,(H,24,26)/t21-,22+/m1/s1. The summed E-state index contributed by atoms with van der Waals surface area (Å²) < 4.78 is 46.0. The molecule has 0 spiro atoms. The van der Waals surface area contributed by atoms with Crippen molar-refractivity contribution in [2.45, 2.75) is 45.0 Å². The van der Waals surface area contributed by atoms with E-state index in [9.17, 15) is 13.2 Å². The highest BCUT2D eigenvalue weighted by Gasteiger charge is 2.40. The molecule has 32 heavy (non-hydrogen) atoms. The molecule has 2 aliphatic heterocycles. The third-order valence-corrected chi connectivity index (χ3v) is 6.94. The Morgan fingerprint density at radius 2 is 1.94 bits per heavy atom. The molecule has 1 saturated heterocycles. The molecular formula is C23H28N2O6S. The van der Waals surface area contributed by atoms with Crippen LogP contribution in [0.25, 0.3) is 0 Å². The first-order valence-electron chi connectivity index (χ1n) is 10.5. The maximum absolute atomic E-state index is 13.0. The van der Waals surface area contributed by atoms with Gasteiger partial charge in [-0.3, -0.25) is 9.52 Å². The van der Waals surface area contributed by atoms with Crippen molar-refractivity contribution in [3.63, 3.8) is 0 Å². The van der Waals surface area contributed by atoms with Crippen LogP contribution in [0, 0.1) is 11.3 Å². The second-order valence-electron chi connectivity index (χ2n) is 9.16. The number of nitrogens with one attached hydrogen (secondary N) is 2. The Labute approximate surface area is 188 Å². The summed E-state index contributed by atoms with van der Waals surface area (Å²) in [6, 6.07) is 11.3. The molecule has 2 N–H and O–H groups in total. The van der Waals surface area contributed by atoms with Crippen molar-refractivity contribution in [1.29, 1.82) is 0 Å². The molecule has 172 valence electrons. The van der Waals surface area contributed by atoms with Crippen LogP contribution in [0.4, 0.5) is 11.4 Å². The number of rotatable bonds is 5. The molecule has 0 aromatic heterocycles. The summed E-state index contributed by atoms with van der Waals surface area (Å²) in [5.41, 5.74) is 1.33. The third-order valence-electron chi connectivity index (χ3n) is 5.56. The molecule has 2 aromatic rings. The van der Waals surface area contributed by atoms with E-state index in [1.165, 1.54) is 18.2 Å². The molecule has 1 amide bonds. The van der Waals surface area contributed by atoms with E-state index >= 15 is 0 Å². The zero-order valence-corrected chi connectivity index (χ0v) is 19.4. The summed E-state index contributed by atoms with van der Waals surface area (Å²) in [7, 11) is -3.89. The van der Waals surface area contributed by atoms with Crippen molar-refractivity contribution in [2.24, 2.45) is 11.3 Å². The fourth-order valence-electron chi connectivity index (χ4n) is 4.16. The fourth-order valence-corrected chi connectivity index (χ4v) is 5.23. The van der Waals surface area contributed by atoms with E-state index in [2.05, 4.69) is 37.7 Å². The molecule has 1 fully saturated rings. The summed E-state index contributed by atoms with van der Waals surface area (Å²) in [5.74, 6) is 0.411. The molecule has 2 aromatic carbocycles.